The van der Waals surface area contributed by atoms with E-state index in [9.17, 15) is 18.9 Å². The summed E-state index contributed by atoms with van der Waals surface area (Å²) < 4.78 is 26.3. The van der Waals surface area contributed by atoms with Gasteiger partial charge in [-0.15, -0.1) is 0 Å². The minimum absolute atomic E-state index is 0.0401. The van der Waals surface area contributed by atoms with E-state index >= 15 is 0 Å². The molecule has 0 fully saturated rings. The molecule has 2 aromatic rings. The average Bonchev–Trinajstić information content (AvgIpc) is 2.44. The summed E-state index contributed by atoms with van der Waals surface area (Å²) in [7, 11) is 0. The smallest absolute Gasteiger partial charge is 0.293 e. The van der Waals surface area contributed by atoms with E-state index in [0.717, 1.165) is 17.7 Å². The molecule has 1 N–H and O–H groups in total. The van der Waals surface area contributed by atoms with Gasteiger partial charge in [-0.25, -0.2) is 8.78 Å². The van der Waals surface area contributed by atoms with E-state index in [1.807, 2.05) is 0 Å². The van der Waals surface area contributed by atoms with Crippen LogP contribution >= 0.6 is 15.9 Å². The summed E-state index contributed by atoms with van der Waals surface area (Å²) in [5.74, 6) is -0.901. The maximum absolute atomic E-state index is 13.5. The van der Waals surface area contributed by atoms with Crippen LogP contribution in [0.2, 0.25) is 0 Å². The monoisotopic (exact) mass is 356 g/mol. The molecule has 0 radical (unpaired) electrons. The lowest BCUT2D eigenvalue weighted by Gasteiger charge is -2.08. The Labute approximate surface area is 128 Å². The minimum atomic E-state index is -0.579. The molecule has 0 spiro atoms. The molecule has 0 heterocycles. The highest BCUT2D eigenvalue weighted by Crippen LogP contribution is 2.30. The van der Waals surface area contributed by atoms with Crippen molar-refractivity contribution in [1.29, 1.82) is 0 Å². The predicted molar refractivity (Wildman–Crippen MR) is 79.3 cm³/mol. The second-order valence-electron chi connectivity index (χ2n) is 4.34. The Morgan fingerprint density at radius 3 is 2.48 bits per heavy atom. The number of rotatable bonds is 5. The molecule has 4 nitrogen and oxygen atoms in total. The third kappa shape index (κ3) is 3.98. The Bertz CT molecular complexity index is 663. The van der Waals surface area contributed by atoms with E-state index < -0.39 is 10.7 Å². The summed E-state index contributed by atoms with van der Waals surface area (Å²) in [5.41, 5.74) is 0.786. The highest BCUT2D eigenvalue weighted by atomic mass is 79.9. The van der Waals surface area contributed by atoms with Crippen LogP contribution in [0.15, 0.2) is 40.9 Å². The van der Waals surface area contributed by atoms with Gasteiger partial charge in [0.25, 0.3) is 5.69 Å². The number of anilines is 1. The van der Waals surface area contributed by atoms with Crippen molar-refractivity contribution in [3.05, 3.63) is 68.2 Å². The summed E-state index contributed by atoms with van der Waals surface area (Å²) in [6.45, 7) is 0.369. The van der Waals surface area contributed by atoms with Crippen molar-refractivity contribution in [2.24, 2.45) is 0 Å². The fourth-order valence-electron chi connectivity index (χ4n) is 1.82. The Hall–Kier alpha value is -2.02. The molecule has 0 saturated carbocycles. The Balaban J connectivity index is 2.07. The molecule has 0 atom stereocenters. The number of hydrogen-bond acceptors (Lipinski definition) is 3. The van der Waals surface area contributed by atoms with Crippen LogP contribution in [0, 0.1) is 21.7 Å². The molecule has 0 saturated heterocycles. The van der Waals surface area contributed by atoms with Gasteiger partial charge in [0, 0.05) is 18.7 Å². The molecule has 0 aromatic heterocycles. The number of nitrogens with zero attached hydrogens (tertiary/aromatic N) is 1. The summed E-state index contributed by atoms with van der Waals surface area (Å²) in [6, 6.07) is 8.15. The Kier molecular flexibility index (Phi) is 4.85. The topological polar surface area (TPSA) is 55.2 Å². The molecule has 110 valence electrons. The molecule has 21 heavy (non-hydrogen) atoms. The van der Waals surface area contributed by atoms with E-state index in [-0.39, 0.29) is 21.7 Å². The molecule has 0 bridgehead atoms. The van der Waals surface area contributed by atoms with Gasteiger partial charge in [-0.1, -0.05) is 12.1 Å². The molecule has 2 aromatic carbocycles. The van der Waals surface area contributed by atoms with Crippen LogP contribution in [-0.2, 0) is 6.42 Å². The molecular weight excluding hydrogens is 346 g/mol. The van der Waals surface area contributed by atoms with Crippen LogP contribution in [0.3, 0.4) is 0 Å². The number of halogens is 3. The number of benzene rings is 2. The minimum Gasteiger partial charge on any atom is -0.379 e. The van der Waals surface area contributed by atoms with Gasteiger partial charge in [-0.05, 0) is 40.0 Å². The van der Waals surface area contributed by atoms with Gasteiger partial charge >= 0.3 is 0 Å². The number of nitro benzene ring substituents is 1. The quantitative estimate of drug-likeness (QED) is 0.642. The highest BCUT2D eigenvalue weighted by Gasteiger charge is 2.17. The van der Waals surface area contributed by atoms with Gasteiger partial charge in [-0.3, -0.25) is 10.1 Å². The van der Waals surface area contributed by atoms with E-state index in [0.29, 0.717) is 13.0 Å². The SMILES string of the molecule is O=[N+]([O-])c1cc(Br)c(F)cc1NCCc1ccc(F)cc1. The van der Waals surface area contributed by atoms with E-state index in [2.05, 4.69) is 21.2 Å². The largest absolute Gasteiger partial charge is 0.379 e. The number of hydrogen-bond donors (Lipinski definition) is 1. The fourth-order valence-corrected chi connectivity index (χ4v) is 2.15. The standard InChI is InChI=1S/C14H11BrF2N2O2/c15-11-7-14(19(20)21)13(8-12(11)17)18-6-5-9-1-3-10(16)4-2-9/h1-4,7-8,18H,5-6H2. The Morgan fingerprint density at radius 1 is 1.19 bits per heavy atom. The normalized spacial score (nSPS) is 10.4. The van der Waals surface area contributed by atoms with Crippen LogP contribution in [-0.4, -0.2) is 11.5 Å². The van der Waals surface area contributed by atoms with Crippen LogP contribution in [0.25, 0.3) is 0 Å². The lowest BCUT2D eigenvalue weighted by Crippen LogP contribution is -2.07. The molecule has 0 amide bonds. The average molecular weight is 357 g/mol. The van der Waals surface area contributed by atoms with Crippen molar-refractivity contribution in [1.82, 2.24) is 0 Å². The fraction of sp³-hybridized carbons (Fsp3) is 0.143. The van der Waals surface area contributed by atoms with Crippen molar-refractivity contribution < 1.29 is 13.7 Å². The van der Waals surface area contributed by atoms with Crippen molar-refractivity contribution in [3.8, 4) is 0 Å². The second-order valence-corrected chi connectivity index (χ2v) is 5.20. The van der Waals surface area contributed by atoms with Gasteiger partial charge < -0.3 is 5.32 Å². The predicted octanol–water partition coefficient (Wildman–Crippen LogP) is 4.29. The molecular formula is C14H11BrF2N2O2. The zero-order valence-corrected chi connectivity index (χ0v) is 12.4. The molecule has 0 unspecified atom stereocenters. The van der Waals surface area contributed by atoms with E-state index in [1.165, 1.54) is 12.1 Å². The lowest BCUT2D eigenvalue weighted by molar-refractivity contribution is -0.384. The molecule has 0 aliphatic heterocycles. The van der Waals surface area contributed by atoms with Crippen LogP contribution in [0.5, 0.6) is 0 Å². The third-order valence-electron chi connectivity index (χ3n) is 2.88. The van der Waals surface area contributed by atoms with Crippen LogP contribution in [0.1, 0.15) is 5.56 Å². The summed E-state index contributed by atoms with van der Waals surface area (Å²) in [6.07, 6.45) is 0.537. The first-order valence-corrected chi connectivity index (χ1v) is 6.88. The van der Waals surface area contributed by atoms with E-state index in [1.54, 1.807) is 12.1 Å². The summed E-state index contributed by atoms with van der Waals surface area (Å²) in [5, 5.41) is 13.8. The summed E-state index contributed by atoms with van der Waals surface area (Å²) >= 11 is 2.92. The van der Waals surface area contributed by atoms with Crippen molar-refractivity contribution in [3.63, 3.8) is 0 Å². The van der Waals surface area contributed by atoms with Crippen molar-refractivity contribution >= 4 is 27.3 Å². The van der Waals surface area contributed by atoms with Gasteiger partial charge in [0.1, 0.15) is 17.3 Å². The maximum atomic E-state index is 13.5. The van der Waals surface area contributed by atoms with Crippen LogP contribution in [0.4, 0.5) is 20.2 Å². The number of nitrogens with one attached hydrogen (secondary N) is 1. The molecule has 0 aliphatic carbocycles. The third-order valence-corrected chi connectivity index (χ3v) is 3.49. The molecule has 7 heteroatoms. The summed E-state index contributed by atoms with van der Waals surface area (Å²) in [4.78, 5) is 10.4. The molecule has 2 rings (SSSR count). The van der Waals surface area contributed by atoms with Gasteiger partial charge in [0.2, 0.25) is 0 Å². The first-order valence-electron chi connectivity index (χ1n) is 6.09. The molecule has 0 aliphatic rings. The first kappa shape index (κ1) is 15.4. The van der Waals surface area contributed by atoms with Crippen LogP contribution < -0.4 is 5.32 Å². The zero-order chi connectivity index (χ0) is 15.4. The van der Waals surface area contributed by atoms with E-state index in [4.69, 9.17) is 0 Å². The second kappa shape index (κ2) is 6.62. The Morgan fingerprint density at radius 2 is 1.86 bits per heavy atom. The van der Waals surface area contributed by atoms with Gasteiger partial charge in [0.15, 0.2) is 0 Å². The van der Waals surface area contributed by atoms with Gasteiger partial charge in [0.05, 0.1) is 9.40 Å². The zero-order valence-electron chi connectivity index (χ0n) is 10.8. The lowest BCUT2D eigenvalue weighted by atomic mass is 10.1. The van der Waals surface area contributed by atoms with Crippen molar-refractivity contribution in [2.45, 2.75) is 6.42 Å². The maximum Gasteiger partial charge on any atom is 0.293 e. The first-order chi connectivity index (χ1) is 9.97. The van der Waals surface area contributed by atoms with Gasteiger partial charge in [-0.2, -0.15) is 0 Å². The van der Waals surface area contributed by atoms with Crippen molar-refractivity contribution in [2.75, 3.05) is 11.9 Å². The highest BCUT2D eigenvalue weighted by molar-refractivity contribution is 9.10. The number of nitro groups is 1.